The van der Waals surface area contributed by atoms with Gasteiger partial charge in [-0.1, -0.05) is 223 Å². The van der Waals surface area contributed by atoms with Gasteiger partial charge in [0.05, 0.1) is 34.4 Å². The van der Waals surface area contributed by atoms with Crippen molar-refractivity contribution >= 4 is 17.9 Å². The summed E-state index contributed by atoms with van der Waals surface area (Å²) in [5.74, 6) is -2.00. The Kier molecular flexibility index (Phi) is 46.7. The molecule has 2 unspecified atom stereocenters. The number of rotatable bonds is 50. The van der Waals surface area contributed by atoms with Crippen LogP contribution < -0.4 is 0 Å². The number of unbranched alkanes of at least 4 members (excludes halogenated alkanes) is 27. The molecule has 0 aromatic heterocycles. The molecule has 0 spiro atoms. The third kappa shape index (κ3) is 49.2. The minimum absolute atomic E-state index is 0.181. The fourth-order valence-electron chi connectivity index (χ4n) is 7.65. The number of nitrogens with zero attached hydrogens (tertiary/aromatic N) is 1. The van der Waals surface area contributed by atoms with Crippen LogP contribution in [0, 0.1) is 0 Å². The van der Waals surface area contributed by atoms with Gasteiger partial charge in [0, 0.05) is 12.8 Å². The average Bonchev–Trinajstić information content (AvgIpc) is 3.28. The number of hydrogen-bond donors (Lipinski definition) is 1. The highest BCUT2D eigenvalue weighted by atomic mass is 16.7. The van der Waals surface area contributed by atoms with Crippen LogP contribution in [0.4, 0.5) is 0 Å². The highest BCUT2D eigenvalue weighted by molar-refractivity contribution is 5.71. The molecule has 1 N–H and O–H groups in total. The number of esters is 2. The summed E-state index contributed by atoms with van der Waals surface area (Å²) >= 11 is 0. The Morgan fingerprint density at radius 3 is 1.29 bits per heavy atom. The van der Waals surface area contributed by atoms with Crippen LogP contribution in [0.5, 0.6) is 0 Å². The molecule has 0 aromatic carbocycles. The minimum Gasteiger partial charge on any atom is -0.477 e. The number of ether oxygens (including phenoxy) is 4. The van der Waals surface area contributed by atoms with Crippen LogP contribution >= 0.6 is 0 Å². The van der Waals surface area contributed by atoms with E-state index in [2.05, 4.69) is 62.5 Å². The van der Waals surface area contributed by atoms with Crippen molar-refractivity contribution in [1.82, 2.24) is 0 Å². The molecular formula is C57H104NO8+. The predicted octanol–water partition coefficient (Wildman–Crippen LogP) is 15.5. The number of carboxylic acids is 1. The van der Waals surface area contributed by atoms with Crippen LogP contribution in [0.25, 0.3) is 0 Å². The monoisotopic (exact) mass is 931 g/mol. The van der Waals surface area contributed by atoms with E-state index in [0.29, 0.717) is 17.4 Å². The van der Waals surface area contributed by atoms with Crippen LogP contribution in [-0.2, 0) is 33.3 Å². The van der Waals surface area contributed by atoms with Crippen molar-refractivity contribution in [3.63, 3.8) is 0 Å². The Morgan fingerprint density at radius 1 is 0.470 bits per heavy atom. The molecule has 0 amide bonds. The normalized spacial score (nSPS) is 13.2. The molecule has 0 fully saturated rings. The van der Waals surface area contributed by atoms with Crippen LogP contribution in [0.3, 0.4) is 0 Å². The van der Waals surface area contributed by atoms with Gasteiger partial charge in [0.1, 0.15) is 13.2 Å². The summed E-state index contributed by atoms with van der Waals surface area (Å²) in [6.45, 7) is 4.79. The second kappa shape index (κ2) is 48.7. The van der Waals surface area contributed by atoms with Gasteiger partial charge in [-0.3, -0.25) is 9.59 Å². The van der Waals surface area contributed by atoms with E-state index < -0.39 is 24.3 Å². The molecule has 384 valence electrons. The lowest BCUT2D eigenvalue weighted by Gasteiger charge is -2.25. The van der Waals surface area contributed by atoms with Crippen LogP contribution in [0.1, 0.15) is 239 Å². The van der Waals surface area contributed by atoms with Gasteiger partial charge < -0.3 is 28.5 Å². The van der Waals surface area contributed by atoms with E-state index in [1.165, 1.54) is 135 Å². The molecule has 0 rings (SSSR count). The van der Waals surface area contributed by atoms with Crippen molar-refractivity contribution in [2.24, 2.45) is 0 Å². The van der Waals surface area contributed by atoms with E-state index >= 15 is 0 Å². The first-order chi connectivity index (χ1) is 32.1. The number of quaternary nitrogens is 1. The zero-order valence-corrected chi connectivity index (χ0v) is 43.6. The summed E-state index contributed by atoms with van der Waals surface area (Å²) in [6, 6.07) is 0. The summed E-state index contributed by atoms with van der Waals surface area (Å²) in [6.07, 6.45) is 56.0. The van der Waals surface area contributed by atoms with Crippen LogP contribution in [-0.4, -0.2) is 87.4 Å². The third-order valence-electron chi connectivity index (χ3n) is 11.8. The molecule has 0 saturated carbocycles. The van der Waals surface area contributed by atoms with Gasteiger partial charge in [-0.25, -0.2) is 4.79 Å². The lowest BCUT2D eigenvalue weighted by molar-refractivity contribution is -0.870. The summed E-state index contributed by atoms with van der Waals surface area (Å²) in [5, 5.41) is 9.69. The van der Waals surface area contributed by atoms with Gasteiger partial charge in [0.15, 0.2) is 6.10 Å². The molecule has 0 heterocycles. The van der Waals surface area contributed by atoms with Gasteiger partial charge in [-0.05, 0) is 51.4 Å². The Hall–Kier alpha value is -2.75. The molecule has 2 atom stereocenters. The Balaban J connectivity index is 4.28. The topological polar surface area (TPSA) is 108 Å². The Morgan fingerprint density at radius 2 is 0.864 bits per heavy atom. The molecule has 0 aliphatic rings. The Bertz CT molecular complexity index is 1220. The zero-order chi connectivity index (χ0) is 48.4. The van der Waals surface area contributed by atoms with E-state index in [4.69, 9.17) is 18.9 Å². The number of aliphatic carboxylic acids is 1. The van der Waals surface area contributed by atoms with Crippen molar-refractivity contribution in [3.05, 3.63) is 48.6 Å². The summed E-state index contributed by atoms with van der Waals surface area (Å²) in [5.41, 5.74) is 0. The van der Waals surface area contributed by atoms with Gasteiger partial charge in [-0.2, -0.15) is 0 Å². The van der Waals surface area contributed by atoms with Crippen molar-refractivity contribution in [2.45, 2.75) is 251 Å². The molecule has 0 radical (unpaired) electrons. The second-order valence-corrected chi connectivity index (χ2v) is 19.5. The summed E-state index contributed by atoms with van der Waals surface area (Å²) < 4.78 is 22.9. The van der Waals surface area contributed by atoms with Gasteiger partial charge in [-0.15, -0.1) is 0 Å². The molecule has 0 saturated heterocycles. The molecule has 9 nitrogen and oxygen atoms in total. The summed E-state index contributed by atoms with van der Waals surface area (Å²) in [7, 11) is 5.97. The SMILES string of the molecule is CC/C=C\C/C=C\C/C=C\C/C=C\CCCCCCCCCCCCC(=O)OC(COC(=O)CCCCCCCCCCCCCCCCCCCC)COC(OCC[N+](C)(C)C)C(=O)O. The molecule has 0 aromatic rings. The average molecular weight is 931 g/mol. The number of likely N-dealkylation sites (N-methyl/N-ethyl adjacent to an activating group) is 1. The van der Waals surface area contributed by atoms with E-state index in [9.17, 15) is 19.5 Å². The van der Waals surface area contributed by atoms with Gasteiger partial charge in [0.25, 0.3) is 6.29 Å². The quantitative estimate of drug-likeness (QED) is 0.0211. The number of allylic oxidation sites excluding steroid dienone is 8. The van der Waals surface area contributed by atoms with Crippen molar-refractivity contribution in [1.29, 1.82) is 0 Å². The van der Waals surface area contributed by atoms with Gasteiger partial charge in [0.2, 0.25) is 0 Å². The zero-order valence-electron chi connectivity index (χ0n) is 43.6. The molecule has 0 aliphatic carbocycles. The maximum Gasteiger partial charge on any atom is 0.361 e. The van der Waals surface area contributed by atoms with E-state index in [1.807, 2.05) is 21.1 Å². The molecule has 9 heteroatoms. The molecule has 0 aliphatic heterocycles. The first-order valence-electron chi connectivity index (χ1n) is 27.3. The minimum atomic E-state index is -1.51. The fourth-order valence-corrected chi connectivity index (χ4v) is 7.65. The lowest BCUT2D eigenvalue weighted by atomic mass is 10.0. The maximum atomic E-state index is 12.9. The van der Waals surface area contributed by atoms with Crippen LogP contribution in [0.2, 0.25) is 0 Å². The molecular weight excluding hydrogens is 827 g/mol. The Labute approximate surface area is 406 Å². The van der Waals surface area contributed by atoms with E-state index in [0.717, 1.165) is 77.0 Å². The van der Waals surface area contributed by atoms with E-state index in [-0.39, 0.29) is 32.2 Å². The number of carbonyl (C=O) groups is 3. The largest absolute Gasteiger partial charge is 0.477 e. The van der Waals surface area contributed by atoms with Gasteiger partial charge >= 0.3 is 17.9 Å². The first-order valence-corrected chi connectivity index (χ1v) is 27.3. The second-order valence-electron chi connectivity index (χ2n) is 19.5. The molecule has 66 heavy (non-hydrogen) atoms. The van der Waals surface area contributed by atoms with Crippen molar-refractivity contribution in [3.8, 4) is 0 Å². The fraction of sp³-hybridized carbons (Fsp3) is 0.807. The highest BCUT2D eigenvalue weighted by Gasteiger charge is 2.25. The highest BCUT2D eigenvalue weighted by Crippen LogP contribution is 2.16. The smallest absolute Gasteiger partial charge is 0.361 e. The first kappa shape index (κ1) is 63.2. The molecule has 0 bridgehead atoms. The van der Waals surface area contributed by atoms with Crippen molar-refractivity contribution < 1.29 is 42.9 Å². The number of carboxylic acid groups (broad SMARTS) is 1. The lowest BCUT2D eigenvalue weighted by Crippen LogP contribution is -2.40. The standard InChI is InChI=1S/C57H103NO8/c1-6-8-10-12-14-16-18-20-22-24-26-27-28-29-30-32-34-36-38-40-42-44-46-48-55(60)66-53(52-65-57(56(61)62)63-50-49-58(3,4)5)51-64-54(59)47-45-43-41-39-37-35-33-31-25-23-21-19-17-15-13-11-9-7-2/h8,10,14,16,20,22,26-27,53,57H,6-7,9,11-13,15,17-19,21,23-25,28-52H2,1-5H3/p+1/b10-8-,16-14-,22-20-,27-26-. The number of hydrogen-bond acceptors (Lipinski definition) is 7. The van der Waals surface area contributed by atoms with Crippen molar-refractivity contribution in [2.75, 3.05) is 47.5 Å². The van der Waals surface area contributed by atoms with E-state index in [1.54, 1.807) is 0 Å². The predicted molar refractivity (Wildman–Crippen MR) is 277 cm³/mol. The maximum absolute atomic E-state index is 12.9. The van der Waals surface area contributed by atoms with Crippen LogP contribution in [0.15, 0.2) is 48.6 Å². The number of carbonyl (C=O) groups excluding carboxylic acids is 2. The summed E-state index contributed by atoms with van der Waals surface area (Å²) in [4.78, 5) is 37.4. The third-order valence-corrected chi connectivity index (χ3v) is 11.8.